The van der Waals surface area contributed by atoms with Gasteiger partial charge in [-0.1, -0.05) is 30.3 Å². The highest BCUT2D eigenvalue weighted by atomic mass is 16.5. The highest BCUT2D eigenvalue weighted by molar-refractivity contribution is 5.65. The van der Waals surface area contributed by atoms with E-state index in [1.807, 2.05) is 30.3 Å². The second kappa shape index (κ2) is 3.61. The lowest BCUT2D eigenvalue weighted by molar-refractivity contribution is 0.186. The third kappa shape index (κ3) is 2.71. The van der Waals surface area contributed by atoms with Gasteiger partial charge in [0, 0.05) is 0 Å². The van der Waals surface area contributed by atoms with E-state index in [0.717, 1.165) is 5.56 Å². The molecule has 0 unspecified atom stereocenters. The molecule has 1 aromatic rings. The van der Waals surface area contributed by atoms with E-state index in [1.165, 1.54) is 6.61 Å². The van der Waals surface area contributed by atoms with Crippen LogP contribution >= 0.6 is 0 Å². The molecule has 0 aliphatic heterocycles. The topological polar surface area (TPSA) is 52.3 Å². The molecule has 0 aliphatic rings. The van der Waals surface area contributed by atoms with Crippen molar-refractivity contribution in [2.45, 2.75) is 0 Å². The van der Waals surface area contributed by atoms with Crippen LogP contribution in [-0.4, -0.2) is 6.09 Å². The monoisotopic (exact) mass is 150 g/mol. The van der Waals surface area contributed by atoms with Crippen LogP contribution in [0.4, 0.5) is 4.79 Å². The van der Waals surface area contributed by atoms with Crippen LogP contribution in [0.5, 0.6) is 0 Å². The maximum Gasteiger partial charge on any atom is 0.405 e. The van der Waals surface area contributed by atoms with Crippen molar-refractivity contribution in [1.82, 2.24) is 0 Å². The van der Waals surface area contributed by atoms with Crippen LogP contribution in [0.3, 0.4) is 0 Å². The van der Waals surface area contributed by atoms with Crippen molar-refractivity contribution in [3.8, 4) is 0 Å². The first-order chi connectivity index (χ1) is 5.29. The van der Waals surface area contributed by atoms with Crippen LogP contribution in [0.2, 0.25) is 0 Å². The number of nitrogens with two attached hydrogens (primary N) is 1. The molecule has 2 N–H and O–H groups in total. The summed E-state index contributed by atoms with van der Waals surface area (Å²) in [5.41, 5.74) is 5.56. The quantitative estimate of drug-likeness (QED) is 0.690. The van der Waals surface area contributed by atoms with E-state index in [1.54, 1.807) is 0 Å². The molecule has 0 aromatic heterocycles. The average Bonchev–Trinajstić information content (AvgIpc) is 2.03. The zero-order chi connectivity index (χ0) is 8.10. The molecule has 0 spiro atoms. The Balaban J connectivity index is 2.45. The number of hydrogen-bond donors (Lipinski definition) is 1. The van der Waals surface area contributed by atoms with E-state index >= 15 is 0 Å². The number of amides is 1. The van der Waals surface area contributed by atoms with Gasteiger partial charge in [0.1, 0.15) is 0 Å². The smallest absolute Gasteiger partial charge is 0.405 e. The summed E-state index contributed by atoms with van der Waals surface area (Å²) < 4.78 is 4.44. The van der Waals surface area contributed by atoms with Crippen molar-refractivity contribution in [1.29, 1.82) is 0 Å². The van der Waals surface area contributed by atoms with E-state index in [0.29, 0.717) is 0 Å². The lowest BCUT2D eigenvalue weighted by Gasteiger charge is -1.98. The van der Waals surface area contributed by atoms with Gasteiger partial charge in [-0.2, -0.15) is 0 Å². The van der Waals surface area contributed by atoms with Gasteiger partial charge >= 0.3 is 6.09 Å². The van der Waals surface area contributed by atoms with Gasteiger partial charge < -0.3 is 10.5 Å². The largest absolute Gasteiger partial charge is 0.437 e. The van der Waals surface area contributed by atoms with E-state index in [4.69, 9.17) is 5.73 Å². The molecule has 3 nitrogen and oxygen atoms in total. The second-order valence-corrected chi connectivity index (χ2v) is 1.97. The number of hydrogen-bond acceptors (Lipinski definition) is 2. The van der Waals surface area contributed by atoms with Crippen molar-refractivity contribution in [2.75, 3.05) is 0 Å². The summed E-state index contributed by atoms with van der Waals surface area (Å²) >= 11 is 0. The summed E-state index contributed by atoms with van der Waals surface area (Å²) in [6.45, 7) is 1.31. The summed E-state index contributed by atoms with van der Waals surface area (Å²) in [6, 6.07) is 9.18. The Bertz CT molecular complexity index is 233. The molecule has 0 saturated heterocycles. The minimum atomic E-state index is -0.797. The molecule has 3 heteroatoms. The number of carbonyl (C=O) groups is 1. The third-order valence-corrected chi connectivity index (χ3v) is 1.11. The lowest BCUT2D eigenvalue weighted by atomic mass is 10.2. The number of rotatable bonds is 2. The molecule has 1 amide bonds. The van der Waals surface area contributed by atoms with Gasteiger partial charge in [-0.3, -0.25) is 0 Å². The zero-order valence-electron chi connectivity index (χ0n) is 5.86. The van der Waals surface area contributed by atoms with Gasteiger partial charge in [-0.15, -0.1) is 0 Å². The first-order valence-electron chi connectivity index (χ1n) is 3.13. The maximum absolute atomic E-state index is 10.1. The first-order valence-corrected chi connectivity index (χ1v) is 3.13. The molecule has 0 heterocycles. The fourth-order valence-electron chi connectivity index (χ4n) is 0.658. The summed E-state index contributed by atoms with van der Waals surface area (Å²) in [5, 5.41) is 0. The molecule has 0 aliphatic carbocycles. The molecule has 1 radical (unpaired) electrons. The summed E-state index contributed by atoms with van der Waals surface area (Å²) in [7, 11) is 0. The molecule has 0 saturated carbocycles. The normalized spacial score (nSPS) is 9.09. The molecule has 0 fully saturated rings. The number of ether oxygens (including phenoxy) is 1. The minimum absolute atomic E-state index is 0.797. The predicted octanol–water partition coefficient (Wildman–Crippen LogP) is 1.29. The Morgan fingerprint density at radius 2 is 2.00 bits per heavy atom. The van der Waals surface area contributed by atoms with E-state index in [-0.39, 0.29) is 0 Å². The predicted molar refractivity (Wildman–Crippen MR) is 40.5 cm³/mol. The molecular weight excluding hydrogens is 142 g/mol. The van der Waals surface area contributed by atoms with Gasteiger partial charge in [-0.25, -0.2) is 4.79 Å². The molecule has 57 valence electrons. The maximum atomic E-state index is 10.1. The molecular formula is C8H8NO2. The average molecular weight is 150 g/mol. The van der Waals surface area contributed by atoms with Gasteiger partial charge in [-0.05, 0) is 5.56 Å². The molecule has 1 aromatic carbocycles. The van der Waals surface area contributed by atoms with Crippen molar-refractivity contribution in [2.24, 2.45) is 5.73 Å². The zero-order valence-corrected chi connectivity index (χ0v) is 5.86. The van der Waals surface area contributed by atoms with Gasteiger partial charge in [0.2, 0.25) is 0 Å². The number of primary amides is 1. The van der Waals surface area contributed by atoms with Crippen molar-refractivity contribution < 1.29 is 9.53 Å². The Labute approximate surface area is 64.8 Å². The lowest BCUT2D eigenvalue weighted by Crippen LogP contribution is -2.11. The van der Waals surface area contributed by atoms with Crippen LogP contribution in [0.1, 0.15) is 5.56 Å². The number of carbonyl (C=O) groups excluding carboxylic acids is 1. The van der Waals surface area contributed by atoms with E-state index in [9.17, 15) is 4.79 Å². The van der Waals surface area contributed by atoms with Crippen LogP contribution in [0, 0.1) is 6.61 Å². The van der Waals surface area contributed by atoms with Gasteiger partial charge in [0.05, 0.1) is 0 Å². The molecule has 1 rings (SSSR count). The fourth-order valence-corrected chi connectivity index (χ4v) is 0.658. The second-order valence-electron chi connectivity index (χ2n) is 1.97. The Kier molecular flexibility index (Phi) is 2.49. The molecule has 11 heavy (non-hydrogen) atoms. The van der Waals surface area contributed by atoms with Crippen LogP contribution in [-0.2, 0) is 4.74 Å². The van der Waals surface area contributed by atoms with E-state index < -0.39 is 6.09 Å². The summed E-state index contributed by atoms with van der Waals surface area (Å²) in [6.07, 6.45) is -0.797. The van der Waals surface area contributed by atoms with E-state index in [2.05, 4.69) is 4.74 Å². The van der Waals surface area contributed by atoms with Gasteiger partial charge in [0.15, 0.2) is 6.61 Å². The van der Waals surface area contributed by atoms with Crippen molar-refractivity contribution >= 4 is 6.09 Å². The Hall–Kier alpha value is -1.51. The third-order valence-electron chi connectivity index (χ3n) is 1.11. The summed E-state index contributed by atoms with van der Waals surface area (Å²) in [5.74, 6) is 0. The fraction of sp³-hybridized carbons (Fsp3) is 0. The van der Waals surface area contributed by atoms with Crippen molar-refractivity contribution in [3.63, 3.8) is 0 Å². The molecule has 0 bridgehead atoms. The van der Waals surface area contributed by atoms with Crippen LogP contribution < -0.4 is 5.73 Å². The standard InChI is InChI=1S/C8H8NO2/c9-8(10)11-6-7-4-2-1-3-5-7/h1-6H,(H2,9,10). The highest BCUT2D eigenvalue weighted by Crippen LogP contribution is 2.01. The summed E-state index contributed by atoms with van der Waals surface area (Å²) in [4.78, 5) is 10.1. The Morgan fingerprint density at radius 3 is 2.55 bits per heavy atom. The van der Waals surface area contributed by atoms with Gasteiger partial charge in [0.25, 0.3) is 0 Å². The van der Waals surface area contributed by atoms with Crippen LogP contribution in [0.15, 0.2) is 30.3 Å². The number of benzene rings is 1. The Morgan fingerprint density at radius 1 is 1.36 bits per heavy atom. The van der Waals surface area contributed by atoms with Crippen LogP contribution in [0.25, 0.3) is 0 Å². The first kappa shape index (κ1) is 7.60. The molecule has 0 atom stereocenters. The van der Waals surface area contributed by atoms with Crippen molar-refractivity contribution in [3.05, 3.63) is 42.5 Å². The SMILES string of the molecule is NC(=O)O[CH]c1ccccc1. The minimum Gasteiger partial charge on any atom is -0.437 e. The highest BCUT2D eigenvalue weighted by Gasteiger charge is 1.95.